The van der Waals surface area contributed by atoms with Gasteiger partial charge in [0.1, 0.15) is 0 Å². The summed E-state index contributed by atoms with van der Waals surface area (Å²) in [5, 5.41) is 18.9. The number of hydrogen-bond donors (Lipinski definition) is 2. The van der Waals surface area contributed by atoms with Crippen molar-refractivity contribution >= 4 is 0 Å². The Bertz CT molecular complexity index is 156. The Morgan fingerprint density at radius 1 is 1.58 bits per heavy atom. The molecule has 12 heavy (non-hydrogen) atoms. The number of rotatable bonds is 5. The van der Waals surface area contributed by atoms with Gasteiger partial charge in [-0.3, -0.25) is 0 Å². The summed E-state index contributed by atoms with van der Waals surface area (Å²) in [6.45, 7) is 5.67. The van der Waals surface area contributed by atoms with Gasteiger partial charge in [0, 0.05) is 0 Å². The van der Waals surface area contributed by atoms with Gasteiger partial charge in [-0.05, 0) is 31.1 Å². The lowest BCUT2D eigenvalue weighted by Gasteiger charge is -2.13. The lowest BCUT2D eigenvalue weighted by Crippen LogP contribution is -2.19. The SMILES string of the molecule is C=CC[C@@H](O)C[C@@H](O)[C@@H]1C[C@H]1C. The maximum absolute atomic E-state index is 9.56. The van der Waals surface area contributed by atoms with Crippen molar-refractivity contribution in [3.8, 4) is 0 Å². The minimum absolute atomic E-state index is 0.310. The summed E-state index contributed by atoms with van der Waals surface area (Å²) < 4.78 is 0. The minimum Gasteiger partial charge on any atom is -0.393 e. The molecule has 4 atom stereocenters. The maximum atomic E-state index is 9.56. The molecule has 0 amide bonds. The summed E-state index contributed by atoms with van der Waals surface area (Å²) in [6, 6.07) is 0. The lowest BCUT2D eigenvalue weighted by atomic mass is 10.0. The van der Waals surface area contributed by atoms with E-state index >= 15 is 0 Å². The molecule has 0 bridgehead atoms. The van der Waals surface area contributed by atoms with Gasteiger partial charge < -0.3 is 10.2 Å². The largest absolute Gasteiger partial charge is 0.393 e. The van der Waals surface area contributed by atoms with Crippen molar-refractivity contribution in [2.75, 3.05) is 0 Å². The zero-order valence-electron chi connectivity index (χ0n) is 7.61. The summed E-state index contributed by atoms with van der Waals surface area (Å²) in [6.07, 6.45) is 3.16. The smallest absolute Gasteiger partial charge is 0.0599 e. The van der Waals surface area contributed by atoms with Gasteiger partial charge in [-0.2, -0.15) is 0 Å². The molecule has 2 N–H and O–H groups in total. The highest BCUT2D eigenvalue weighted by Gasteiger charge is 2.38. The minimum atomic E-state index is -0.412. The molecule has 0 radical (unpaired) electrons. The first-order valence-corrected chi connectivity index (χ1v) is 4.62. The van der Waals surface area contributed by atoms with Crippen molar-refractivity contribution in [1.82, 2.24) is 0 Å². The summed E-state index contributed by atoms with van der Waals surface area (Å²) in [7, 11) is 0. The standard InChI is InChI=1S/C10H18O2/c1-3-4-8(11)6-10(12)9-5-7(9)2/h3,7-12H,1,4-6H2,2H3/t7-,8-,9-,10-/m1/s1. The second-order valence-corrected chi connectivity index (χ2v) is 3.86. The summed E-state index contributed by atoms with van der Waals surface area (Å²) >= 11 is 0. The van der Waals surface area contributed by atoms with Crippen molar-refractivity contribution < 1.29 is 10.2 Å². The Labute approximate surface area is 73.9 Å². The van der Waals surface area contributed by atoms with Crippen LogP contribution < -0.4 is 0 Å². The highest BCUT2D eigenvalue weighted by molar-refractivity contribution is 4.89. The van der Waals surface area contributed by atoms with E-state index in [1.165, 1.54) is 0 Å². The molecule has 0 saturated heterocycles. The summed E-state index contributed by atoms with van der Waals surface area (Å²) in [5.41, 5.74) is 0. The molecular formula is C10H18O2. The third kappa shape index (κ3) is 2.61. The summed E-state index contributed by atoms with van der Waals surface area (Å²) in [5.74, 6) is 1.08. The van der Waals surface area contributed by atoms with Crippen LogP contribution >= 0.6 is 0 Å². The van der Waals surface area contributed by atoms with Crippen molar-refractivity contribution in [2.24, 2.45) is 11.8 Å². The zero-order valence-corrected chi connectivity index (χ0v) is 7.61. The van der Waals surface area contributed by atoms with E-state index < -0.39 is 6.10 Å². The van der Waals surface area contributed by atoms with Gasteiger partial charge in [0.25, 0.3) is 0 Å². The first-order valence-electron chi connectivity index (χ1n) is 4.62. The Morgan fingerprint density at radius 3 is 2.58 bits per heavy atom. The van der Waals surface area contributed by atoms with Gasteiger partial charge in [-0.15, -0.1) is 6.58 Å². The van der Waals surface area contributed by atoms with E-state index in [1.54, 1.807) is 6.08 Å². The molecule has 0 aromatic carbocycles. The van der Waals surface area contributed by atoms with Gasteiger partial charge in [0.2, 0.25) is 0 Å². The Balaban J connectivity index is 2.16. The predicted molar refractivity (Wildman–Crippen MR) is 48.7 cm³/mol. The molecule has 0 aliphatic heterocycles. The molecule has 2 heteroatoms. The normalized spacial score (nSPS) is 32.6. The van der Waals surface area contributed by atoms with E-state index in [4.69, 9.17) is 0 Å². The molecule has 0 heterocycles. The second-order valence-electron chi connectivity index (χ2n) is 3.86. The van der Waals surface area contributed by atoms with Crippen LogP contribution in [-0.2, 0) is 0 Å². The molecule has 70 valence electrons. The molecule has 0 spiro atoms. The molecule has 1 rings (SSSR count). The van der Waals surface area contributed by atoms with Crippen LogP contribution in [0.3, 0.4) is 0 Å². The van der Waals surface area contributed by atoms with Gasteiger partial charge in [0.05, 0.1) is 12.2 Å². The van der Waals surface area contributed by atoms with Crippen LogP contribution in [0.15, 0.2) is 12.7 Å². The number of hydrogen-bond acceptors (Lipinski definition) is 2. The topological polar surface area (TPSA) is 40.5 Å². The zero-order chi connectivity index (χ0) is 9.14. The maximum Gasteiger partial charge on any atom is 0.0599 e. The Morgan fingerprint density at radius 2 is 2.17 bits per heavy atom. The average Bonchev–Trinajstić information content (AvgIpc) is 2.67. The van der Waals surface area contributed by atoms with E-state index in [1.807, 2.05) is 0 Å². The quantitative estimate of drug-likeness (QED) is 0.611. The van der Waals surface area contributed by atoms with E-state index in [9.17, 15) is 10.2 Å². The van der Waals surface area contributed by atoms with Gasteiger partial charge in [-0.1, -0.05) is 13.0 Å². The van der Waals surface area contributed by atoms with Gasteiger partial charge >= 0.3 is 0 Å². The third-order valence-electron chi connectivity index (χ3n) is 2.62. The molecule has 1 aliphatic carbocycles. The number of aliphatic hydroxyl groups excluding tert-OH is 2. The Hall–Kier alpha value is -0.340. The molecule has 1 fully saturated rings. The van der Waals surface area contributed by atoms with Crippen molar-refractivity contribution in [2.45, 2.75) is 38.4 Å². The van der Waals surface area contributed by atoms with Crippen molar-refractivity contribution in [3.05, 3.63) is 12.7 Å². The lowest BCUT2D eigenvalue weighted by molar-refractivity contribution is 0.0667. The van der Waals surface area contributed by atoms with Crippen LogP contribution in [0.2, 0.25) is 0 Å². The van der Waals surface area contributed by atoms with E-state index in [2.05, 4.69) is 13.5 Å². The predicted octanol–water partition coefficient (Wildman–Crippen LogP) is 1.33. The fraction of sp³-hybridized carbons (Fsp3) is 0.800. The van der Waals surface area contributed by atoms with Crippen LogP contribution in [0.4, 0.5) is 0 Å². The van der Waals surface area contributed by atoms with E-state index in [0.29, 0.717) is 24.7 Å². The van der Waals surface area contributed by atoms with Crippen molar-refractivity contribution in [1.29, 1.82) is 0 Å². The molecule has 0 unspecified atom stereocenters. The highest BCUT2D eigenvalue weighted by Crippen LogP contribution is 2.41. The molecule has 1 aliphatic rings. The fourth-order valence-electron chi connectivity index (χ4n) is 1.63. The summed E-state index contributed by atoms with van der Waals surface area (Å²) in [4.78, 5) is 0. The first-order chi connectivity index (χ1) is 5.65. The van der Waals surface area contributed by atoms with Crippen LogP contribution in [0.1, 0.15) is 26.2 Å². The first kappa shape index (κ1) is 9.75. The second kappa shape index (κ2) is 4.06. The monoisotopic (exact) mass is 170 g/mol. The van der Waals surface area contributed by atoms with Crippen molar-refractivity contribution in [3.63, 3.8) is 0 Å². The molecular weight excluding hydrogens is 152 g/mol. The van der Waals surface area contributed by atoms with Crippen LogP contribution in [-0.4, -0.2) is 22.4 Å². The number of aliphatic hydroxyl groups is 2. The molecule has 1 saturated carbocycles. The fourth-order valence-corrected chi connectivity index (χ4v) is 1.63. The van der Waals surface area contributed by atoms with Gasteiger partial charge in [-0.25, -0.2) is 0 Å². The Kier molecular flexibility index (Phi) is 3.29. The van der Waals surface area contributed by atoms with Gasteiger partial charge in [0.15, 0.2) is 0 Å². The third-order valence-corrected chi connectivity index (χ3v) is 2.62. The molecule has 2 nitrogen and oxygen atoms in total. The average molecular weight is 170 g/mol. The van der Waals surface area contributed by atoms with E-state index in [-0.39, 0.29) is 6.10 Å². The van der Waals surface area contributed by atoms with E-state index in [0.717, 1.165) is 6.42 Å². The van der Waals surface area contributed by atoms with Crippen LogP contribution in [0, 0.1) is 11.8 Å². The molecule has 0 aromatic rings. The highest BCUT2D eigenvalue weighted by atomic mass is 16.3. The molecule has 0 aromatic heterocycles. The van der Waals surface area contributed by atoms with Crippen LogP contribution in [0.25, 0.3) is 0 Å². The van der Waals surface area contributed by atoms with Crippen LogP contribution in [0.5, 0.6) is 0 Å².